The van der Waals surface area contributed by atoms with Gasteiger partial charge in [-0.25, -0.2) is 9.18 Å². The Kier molecular flexibility index (Phi) is 5.81. The van der Waals surface area contributed by atoms with Gasteiger partial charge in [0.15, 0.2) is 5.11 Å². The third kappa shape index (κ3) is 3.82. The summed E-state index contributed by atoms with van der Waals surface area (Å²) in [4.78, 5) is 18.4. The van der Waals surface area contributed by atoms with E-state index in [-0.39, 0.29) is 11.9 Å². The van der Waals surface area contributed by atoms with Crippen molar-refractivity contribution in [3.05, 3.63) is 114 Å². The van der Waals surface area contributed by atoms with Gasteiger partial charge in [-0.3, -0.25) is 4.98 Å². The molecule has 0 bridgehead atoms. The zero-order valence-electron chi connectivity index (χ0n) is 18.3. The molecule has 2 aromatic carbocycles. The van der Waals surface area contributed by atoms with Gasteiger partial charge >= 0.3 is 5.97 Å². The van der Waals surface area contributed by atoms with Gasteiger partial charge in [0, 0.05) is 23.8 Å². The smallest absolute Gasteiger partial charge is 0.337 e. The molecule has 0 spiro atoms. The molecular weight excluding hydrogens is 451 g/mol. The number of pyridine rings is 1. The normalized spacial score (nSPS) is 17.5. The van der Waals surface area contributed by atoms with Crippen molar-refractivity contribution in [1.82, 2.24) is 14.9 Å². The number of methoxy groups -OCH3 is 1. The van der Waals surface area contributed by atoms with Crippen LogP contribution in [-0.4, -0.2) is 27.7 Å². The van der Waals surface area contributed by atoms with Crippen LogP contribution in [0.4, 0.5) is 10.1 Å². The molecule has 34 heavy (non-hydrogen) atoms. The fourth-order valence-electron chi connectivity index (χ4n) is 4.33. The number of nitrogens with one attached hydrogen (secondary N) is 1. The quantitative estimate of drug-likeness (QED) is 0.327. The molecule has 8 heteroatoms. The molecule has 6 nitrogen and oxygen atoms in total. The van der Waals surface area contributed by atoms with E-state index in [0.29, 0.717) is 16.4 Å². The van der Waals surface area contributed by atoms with Crippen LogP contribution in [0.2, 0.25) is 0 Å². The Labute approximate surface area is 201 Å². The minimum Gasteiger partial charge on any atom is -0.465 e. The molecule has 0 aliphatic carbocycles. The number of halogens is 1. The molecule has 3 heterocycles. The van der Waals surface area contributed by atoms with E-state index in [1.807, 2.05) is 47.2 Å². The van der Waals surface area contributed by atoms with Crippen LogP contribution in [0.3, 0.4) is 0 Å². The number of hydrogen-bond acceptors (Lipinski definition) is 4. The van der Waals surface area contributed by atoms with Crippen molar-refractivity contribution >= 4 is 29.0 Å². The first-order valence-corrected chi connectivity index (χ1v) is 11.1. The Morgan fingerprint density at radius 1 is 1.06 bits per heavy atom. The number of nitrogens with zero attached hydrogens (tertiary/aromatic N) is 3. The van der Waals surface area contributed by atoms with Crippen LogP contribution in [0.1, 0.15) is 33.8 Å². The molecular formula is C26H21FN4O2S. The Hall–Kier alpha value is -4.04. The molecule has 0 unspecified atom stereocenters. The highest BCUT2D eigenvalue weighted by atomic mass is 32.1. The van der Waals surface area contributed by atoms with Crippen molar-refractivity contribution in [2.45, 2.75) is 12.1 Å². The number of hydrogen-bond donors (Lipinski definition) is 1. The molecule has 1 aliphatic heterocycles. The third-order valence-electron chi connectivity index (χ3n) is 5.84. The summed E-state index contributed by atoms with van der Waals surface area (Å²) >= 11 is 5.69. The lowest BCUT2D eigenvalue weighted by Gasteiger charge is -2.29. The molecule has 0 radical (unpaired) electrons. The predicted molar refractivity (Wildman–Crippen MR) is 131 cm³/mol. The van der Waals surface area contributed by atoms with Gasteiger partial charge in [0.1, 0.15) is 11.9 Å². The van der Waals surface area contributed by atoms with Gasteiger partial charge in [-0.05, 0) is 66.8 Å². The van der Waals surface area contributed by atoms with Crippen molar-refractivity contribution in [3.63, 3.8) is 0 Å². The highest BCUT2D eigenvalue weighted by molar-refractivity contribution is 7.80. The van der Waals surface area contributed by atoms with Gasteiger partial charge in [0.05, 0.1) is 30.1 Å². The van der Waals surface area contributed by atoms with Gasteiger partial charge in [-0.2, -0.15) is 0 Å². The second kappa shape index (κ2) is 9.07. The summed E-state index contributed by atoms with van der Waals surface area (Å²) in [6.07, 6.45) is 3.63. The van der Waals surface area contributed by atoms with Crippen molar-refractivity contribution in [2.24, 2.45) is 0 Å². The average molecular weight is 473 g/mol. The first-order chi connectivity index (χ1) is 16.6. The first kappa shape index (κ1) is 21.8. The monoisotopic (exact) mass is 472 g/mol. The summed E-state index contributed by atoms with van der Waals surface area (Å²) in [5.74, 6) is -0.789. The number of carbonyl (C=O) groups is 1. The number of carbonyl (C=O) groups excluding carboxylic acids is 1. The van der Waals surface area contributed by atoms with E-state index in [4.69, 9.17) is 17.0 Å². The van der Waals surface area contributed by atoms with E-state index in [1.54, 1.807) is 47.5 Å². The summed E-state index contributed by atoms with van der Waals surface area (Å²) in [7, 11) is 1.35. The zero-order chi connectivity index (χ0) is 23.7. The minimum atomic E-state index is -0.418. The predicted octanol–water partition coefficient (Wildman–Crippen LogP) is 4.98. The number of anilines is 1. The second-order valence-corrected chi connectivity index (χ2v) is 8.18. The zero-order valence-corrected chi connectivity index (χ0v) is 19.1. The van der Waals surface area contributed by atoms with E-state index < -0.39 is 12.0 Å². The summed E-state index contributed by atoms with van der Waals surface area (Å²) in [5, 5.41) is 3.75. The lowest BCUT2D eigenvalue weighted by Crippen LogP contribution is -2.31. The number of ether oxygens (including phenoxy) is 1. The van der Waals surface area contributed by atoms with Crippen LogP contribution < -0.4 is 10.2 Å². The van der Waals surface area contributed by atoms with E-state index >= 15 is 0 Å². The lowest BCUT2D eigenvalue weighted by atomic mass is 10.0. The van der Waals surface area contributed by atoms with Crippen LogP contribution >= 0.6 is 12.2 Å². The van der Waals surface area contributed by atoms with Crippen molar-refractivity contribution < 1.29 is 13.9 Å². The molecule has 1 aliphatic rings. The van der Waals surface area contributed by atoms with Crippen molar-refractivity contribution in [3.8, 4) is 5.69 Å². The Bertz CT molecular complexity index is 1360. The Morgan fingerprint density at radius 2 is 1.88 bits per heavy atom. The molecule has 5 rings (SSSR count). The number of esters is 1. The van der Waals surface area contributed by atoms with Crippen molar-refractivity contribution in [2.75, 3.05) is 12.0 Å². The molecule has 1 N–H and O–H groups in total. The standard InChI is InChI=1S/C26H21FN4O2S/c1-33-25(32)17-8-6-9-18(16-17)30-15-7-13-22(30)24-23(20-11-4-5-14-28-20)29-26(34)31(24)21-12-3-2-10-19(21)27/h2-16,23-24H,1H3,(H,29,34)/t23-,24+/m1/s1. The van der Waals surface area contributed by atoms with Crippen LogP contribution in [0.5, 0.6) is 0 Å². The van der Waals surface area contributed by atoms with Crippen molar-refractivity contribution in [1.29, 1.82) is 0 Å². The maximum absolute atomic E-state index is 15.0. The fourth-order valence-corrected chi connectivity index (χ4v) is 4.67. The van der Waals surface area contributed by atoms with Crippen LogP contribution in [0, 0.1) is 5.82 Å². The highest BCUT2D eigenvalue weighted by Crippen LogP contribution is 2.42. The Morgan fingerprint density at radius 3 is 2.65 bits per heavy atom. The summed E-state index contributed by atoms with van der Waals surface area (Å²) in [5.41, 5.74) is 3.22. The van der Waals surface area contributed by atoms with Crippen LogP contribution in [0.15, 0.2) is 91.3 Å². The Balaban J connectivity index is 1.67. The summed E-state index contributed by atoms with van der Waals surface area (Å²) in [6, 6.07) is 22.6. The number of rotatable bonds is 5. The molecule has 1 saturated heterocycles. The molecule has 170 valence electrons. The van der Waals surface area contributed by atoms with E-state index in [9.17, 15) is 9.18 Å². The van der Waals surface area contributed by atoms with Gasteiger partial charge < -0.3 is 19.5 Å². The summed E-state index contributed by atoms with van der Waals surface area (Å²) in [6.45, 7) is 0. The number of aromatic nitrogens is 2. The van der Waals surface area contributed by atoms with E-state index in [2.05, 4.69) is 10.3 Å². The highest BCUT2D eigenvalue weighted by Gasteiger charge is 2.43. The summed E-state index contributed by atoms with van der Waals surface area (Å²) < 4.78 is 21.8. The fraction of sp³-hybridized carbons (Fsp3) is 0.115. The molecule has 2 aromatic heterocycles. The van der Waals surface area contributed by atoms with E-state index in [0.717, 1.165) is 17.1 Å². The number of thiocarbonyl (C=S) groups is 1. The van der Waals surface area contributed by atoms with Gasteiger partial charge in [0.25, 0.3) is 0 Å². The number of benzene rings is 2. The average Bonchev–Trinajstić information content (AvgIpc) is 3.49. The number of para-hydroxylation sites is 1. The second-order valence-electron chi connectivity index (χ2n) is 7.79. The third-order valence-corrected chi connectivity index (χ3v) is 6.15. The largest absolute Gasteiger partial charge is 0.465 e. The van der Waals surface area contributed by atoms with Gasteiger partial charge in [-0.1, -0.05) is 24.3 Å². The topological polar surface area (TPSA) is 59.4 Å². The minimum absolute atomic E-state index is 0.328. The molecule has 1 fully saturated rings. The first-order valence-electron chi connectivity index (χ1n) is 10.7. The molecule has 0 saturated carbocycles. The molecule has 2 atom stereocenters. The molecule has 0 amide bonds. The van der Waals surface area contributed by atoms with Gasteiger partial charge in [-0.15, -0.1) is 0 Å². The van der Waals surface area contributed by atoms with Crippen LogP contribution in [-0.2, 0) is 4.74 Å². The molecule has 4 aromatic rings. The maximum atomic E-state index is 15.0. The van der Waals surface area contributed by atoms with Gasteiger partial charge in [0.2, 0.25) is 0 Å². The lowest BCUT2D eigenvalue weighted by molar-refractivity contribution is 0.0600. The SMILES string of the molecule is COC(=O)c1cccc(-n2cccc2[C@H]2[C@@H](c3ccccn3)NC(=S)N2c2ccccc2F)c1. The van der Waals surface area contributed by atoms with Crippen LogP contribution in [0.25, 0.3) is 5.69 Å². The van der Waals surface area contributed by atoms with E-state index in [1.165, 1.54) is 13.2 Å². The maximum Gasteiger partial charge on any atom is 0.337 e.